The van der Waals surface area contributed by atoms with Gasteiger partial charge in [0.15, 0.2) is 0 Å². The van der Waals surface area contributed by atoms with Gasteiger partial charge in [0.2, 0.25) is 10.0 Å². The van der Waals surface area contributed by atoms with Crippen molar-refractivity contribution in [1.29, 1.82) is 0 Å². The van der Waals surface area contributed by atoms with E-state index in [9.17, 15) is 26.4 Å². The van der Waals surface area contributed by atoms with Gasteiger partial charge in [-0.05, 0) is 13.0 Å². The number of aromatic nitrogens is 3. The third-order valence-corrected chi connectivity index (χ3v) is 7.48. The molecule has 12 heteroatoms. The molecule has 1 aromatic carbocycles. The van der Waals surface area contributed by atoms with Gasteiger partial charge in [-0.2, -0.15) is 0 Å². The van der Waals surface area contributed by atoms with Crippen molar-refractivity contribution in [3.8, 4) is 0 Å². The topological polar surface area (TPSA) is 97.2 Å². The van der Waals surface area contributed by atoms with E-state index in [0.29, 0.717) is 22.4 Å². The van der Waals surface area contributed by atoms with Gasteiger partial charge in [0.1, 0.15) is 23.6 Å². The Balaban J connectivity index is 1.76. The SMILES string of the molecule is CC(Nc1ncnc2c1cc(C1(C)CN(S(C)(=O)=O)C1)c(=O)n2C)c1cccc(C(F)F)c1F. The molecule has 1 aliphatic rings. The van der Waals surface area contributed by atoms with Crippen molar-refractivity contribution in [1.82, 2.24) is 18.8 Å². The minimum atomic E-state index is -3.38. The molecule has 8 nitrogen and oxygen atoms in total. The lowest BCUT2D eigenvalue weighted by Crippen LogP contribution is -2.60. The van der Waals surface area contributed by atoms with E-state index in [4.69, 9.17) is 0 Å². The average Bonchev–Trinajstić information content (AvgIpc) is 2.73. The Labute approximate surface area is 194 Å². The number of nitrogens with zero attached hydrogens (tertiary/aromatic N) is 4. The summed E-state index contributed by atoms with van der Waals surface area (Å²) in [5, 5.41) is 3.51. The summed E-state index contributed by atoms with van der Waals surface area (Å²) in [5.74, 6) is -0.703. The Hall–Kier alpha value is -2.99. The highest BCUT2D eigenvalue weighted by Crippen LogP contribution is 2.36. The second kappa shape index (κ2) is 8.35. The van der Waals surface area contributed by atoms with Crippen LogP contribution in [-0.2, 0) is 22.5 Å². The molecule has 34 heavy (non-hydrogen) atoms. The molecule has 3 heterocycles. The van der Waals surface area contributed by atoms with Gasteiger partial charge in [-0.1, -0.05) is 25.1 Å². The van der Waals surface area contributed by atoms with Gasteiger partial charge in [0.05, 0.1) is 23.2 Å². The van der Waals surface area contributed by atoms with Gasteiger partial charge in [0.25, 0.3) is 12.0 Å². The first-order valence-electron chi connectivity index (χ1n) is 10.5. The standard InChI is InChI=1S/C22H24F3N5O3S/c1-12(13-6-5-7-14(17(13)23)18(24)25)28-19-15-8-16(21(31)29(3)20(15)27-11-26-19)22(2)9-30(10-22)34(4,32)33/h5-8,11-12,18H,9-10H2,1-4H3,(H,26,27,28). The van der Waals surface area contributed by atoms with Crippen molar-refractivity contribution < 1.29 is 21.6 Å². The smallest absolute Gasteiger partial charge is 0.266 e. The molecule has 1 saturated heterocycles. The Bertz CT molecular complexity index is 1440. The van der Waals surface area contributed by atoms with Crippen LogP contribution in [0.2, 0.25) is 0 Å². The molecular formula is C22H24F3N5O3S. The van der Waals surface area contributed by atoms with Crippen LogP contribution in [0.25, 0.3) is 11.0 Å². The zero-order chi connectivity index (χ0) is 25.0. The predicted octanol–water partition coefficient (Wildman–Crippen LogP) is 3.11. The van der Waals surface area contributed by atoms with Crippen LogP contribution in [0.1, 0.15) is 43.0 Å². The highest BCUT2D eigenvalue weighted by Gasteiger charge is 2.46. The van der Waals surface area contributed by atoms with Crippen LogP contribution in [0.4, 0.5) is 19.0 Å². The van der Waals surface area contributed by atoms with Gasteiger partial charge in [0, 0.05) is 36.7 Å². The molecule has 1 N–H and O–H groups in total. The van der Waals surface area contributed by atoms with E-state index >= 15 is 0 Å². The van der Waals surface area contributed by atoms with Crippen molar-refractivity contribution in [2.24, 2.45) is 7.05 Å². The lowest BCUT2D eigenvalue weighted by Gasteiger charge is -2.46. The Morgan fingerprint density at radius 1 is 1.18 bits per heavy atom. The minimum absolute atomic E-state index is 0.0457. The zero-order valence-corrected chi connectivity index (χ0v) is 19.8. The van der Waals surface area contributed by atoms with Gasteiger partial charge in [-0.25, -0.2) is 35.9 Å². The molecule has 3 aromatic rings. The Morgan fingerprint density at radius 3 is 2.44 bits per heavy atom. The van der Waals surface area contributed by atoms with Crippen LogP contribution >= 0.6 is 0 Å². The number of pyridine rings is 1. The number of hydrogen-bond donors (Lipinski definition) is 1. The van der Waals surface area contributed by atoms with Crippen molar-refractivity contribution in [3.63, 3.8) is 0 Å². The van der Waals surface area contributed by atoms with Crippen molar-refractivity contribution in [3.05, 3.63) is 63.5 Å². The maximum Gasteiger partial charge on any atom is 0.266 e. The van der Waals surface area contributed by atoms with Crippen molar-refractivity contribution >= 4 is 26.9 Å². The van der Waals surface area contributed by atoms with Crippen molar-refractivity contribution in [2.45, 2.75) is 31.7 Å². The van der Waals surface area contributed by atoms with E-state index in [1.165, 1.54) is 27.3 Å². The number of halogens is 3. The number of fused-ring (bicyclic) bond motifs is 1. The van der Waals surface area contributed by atoms with Gasteiger partial charge >= 0.3 is 0 Å². The van der Waals surface area contributed by atoms with E-state index in [-0.39, 0.29) is 24.2 Å². The number of alkyl halides is 2. The fourth-order valence-electron chi connectivity index (χ4n) is 4.31. The lowest BCUT2D eigenvalue weighted by molar-refractivity contribution is 0.146. The van der Waals surface area contributed by atoms with E-state index in [0.717, 1.165) is 12.3 Å². The summed E-state index contributed by atoms with van der Waals surface area (Å²) in [6.07, 6.45) is -0.581. The predicted molar refractivity (Wildman–Crippen MR) is 122 cm³/mol. The first-order chi connectivity index (χ1) is 15.8. The molecule has 0 radical (unpaired) electrons. The molecule has 1 unspecified atom stereocenters. The molecule has 4 rings (SSSR count). The normalized spacial score (nSPS) is 17.1. The highest BCUT2D eigenvalue weighted by atomic mass is 32.2. The van der Waals surface area contributed by atoms with Gasteiger partial charge in [-0.3, -0.25) is 9.36 Å². The molecule has 0 amide bonds. The largest absolute Gasteiger partial charge is 0.363 e. The maximum absolute atomic E-state index is 14.7. The summed E-state index contributed by atoms with van der Waals surface area (Å²) in [6, 6.07) is 4.72. The second-order valence-electron chi connectivity index (χ2n) is 8.89. The number of anilines is 1. The average molecular weight is 496 g/mol. The van der Waals surface area contributed by atoms with Gasteiger partial charge in [-0.15, -0.1) is 0 Å². The lowest BCUT2D eigenvalue weighted by atomic mass is 9.77. The molecule has 2 aromatic heterocycles. The van der Waals surface area contributed by atoms with E-state index in [2.05, 4.69) is 15.3 Å². The highest BCUT2D eigenvalue weighted by molar-refractivity contribution is 7.88. The fraction of sp³-hybridized carbons (Fsp3) is 0.409. The molecule has 1 aliphatic heterocycles. The van der Waals surface area contributed by atoms with Crippen LogP contribution in [-0.4, -0.2) is 46.6 Å². The molecule has 0 saturated carbocycles. The first kappa shape index (κ1) is 24.1. The monoisotopic (exact) mass is 495 g/mol. The number of sulfonamides is 1. The number of hydrogen-bond acceptors (Lipinski definition) is 6. The number of rotatable bonds is 6. The molecular weight excluding hydrogens is 471 g/mol. The molecule has 182 valence electrons. The number of benzene rings is 1. The molecule has 1 atom stereocenters. The molecule has 0 aliphatic carbocycles. The van der Waals surface area contributed by atoms with E-state index in [1.54, 1.807) is 20.0 Å². The summed E-state index contributed by atoms with van der Waals surface area (Å²) >= 11 is 0. The molecule has 1 fully saturated rings. The van der Waals surface area contributed by atoms with Gasteiger partial charge < -0.3 is 5.32 Å². The summed E-state index contributed by atoms with van der Waals surface area (Å²) in [4.78, 5) is 21.5. The number of aryl methyl sites for hydroxylation is 1. The molecule has 0 bridgehead atoms. The Kier molecular flexibility index (Phi) is 5.93. The number of nitrogens with one attached hydrogen (secondary N) is 1. The summed E-state index contributed by atoms with van der Waals surface area (Å²) in [6.45, 7) is 3.74. The van der Waals surface area contributed by atoms with E-state index in [1.807, 2.05) is 6.92 Å². The zero-order valence-electron chi connectivity index (χ0n) is 19.0. The third-order valence-electron chi connectivity index (χ3n) is 6.29. The second-order valence-corrected chi connectivity index (χ2v) is 10.9. The van der Waals surface area contributed by atoms with Crippen LogP contribution < -0.4 is 10.9 Å². The van der Waals surface area contributed by atoms with Crippen molar-refractivity contribution in [2.75, 3.05) is 24.7 Å². The van der Waals surface area contributed by atoms with Crippen LogP contribution in [0.15, 0.2) is 35.4 Å². The van der Waals surface area contributed by atoms with Crippen LogP contribution in [0.5, 0.6) is 0 Å². The van der Waals surface area contributed by atoms with Crippen LogP contribution in [0, 0.1) is 5.82 Å². The quantitative estimate of drug-likeness (QED) is 0.565. The summed E-state index contributed by atoms with van der Waals surface area (Å²) in [7, 11) is -1.83. The van der Waals surface area contributed by atoms with E-state index < -0.39 is 39.3 Å². The fourth-order valence-corrected chi connectivity index (χ4v) is 5.35. The summed E-state index contributed by atoms with van der Waals surface area (Å²) < 4.78 is 67.2. The maximum atomic E-state index is 14.7. The Morgan fingerprint density at radius 2 is 1.82 bits per heavy atom. The molecule has 0 spiro atoms. The summed E-state index contributed by atoms with van der Waals surface area (Å²) in [5.41, 5.74) is -0.928. The van der Waals surface area contributed by atoms with Crippen LogP contribution in [0.3, 0.4) is 0 Å². The third kappa shape index (κ3) is 4.05. The first-order valence-corrected chi connectivity index (χ1v) is 12.3. The minimum Gasteiger partial charge on any atom is -0.363 e.